The molecule has 1 aromatic heterocycles. The molecule has 0 saturated heterocycles. The van der Waals surface area contributed by atoms with Crippen LogP contribution in [0.1, 0.15) is 16.1 Å². The average molecular weight is 249 g/mol. The molecule has 0 fully saturated rings. The standard InChI is InChI=1S/C12H9ClN2O2/c13-10-4-1-3-9(7-10)8-14-15-12(16)11-5-2-6-17-11/h1-8H,(H,15,16)/b14-8-. The van der Waals surface area contributed by atoms with Crippen LogP contribution in [-0.4, -0.2) is 12.1 Å². The van der Waals surface area contributed by atoms with Crippen LogP contribution in [0.4, 0.5) is 0 Å². The summed E-state index contributed by atoms with van der Waals surface area (Å²) in [7, 11) is 0. The van der Waals surface area contributed by atoms with Gasteiger partial charge in [0.25, 0.3) is 0 Å². The Hall–Kier alpha value is -2.07. The number of rotatable bonds is 3. The van der Waals surface area contributed by atoms with E-state index in [-0.39, 0.29) is 5.76 Å². The van der Waals surface area contributed by atoms with Crippen molar-refractivity contribution < 1.29 is 9.21 Å². The molecule has 0 saturated carbocycles. The van der Waals surface area contributed by atoms with E-state index in [2.05, 4.69) is 10.5 Å². The molecule has 2 aromatic rings. The SMILES string of the molecule is O=C(N/N=C\c1cccc(Cl)c1)c1ccco1. The summed E-state index contributed by atoms with van der Waals surface area (Å²) in [6, 6.07) is 10.3. The molecule has 0 aliphatic carbocycles. The fourth-order valence-electron chi connectivity index (χ4n) is 1.22. The Morgan fingerprint density at radius 3 is 2.94 bits per heavy atom. The van der Waals surface area contributed by atoms with Crippen molar-refractivity contribution in [1.29, 1.82) is 0 Å². The highest BCUT2D eigenvalue weighted by atomic mass is 35.5. The molecule has 0 spiro atoms. The van der Waals surface area contributed by atoms with Crippen molar-refractivity contribution in [3.05, 3.63) is 59.0 Å². The molecule has 0 radical (unpaired) electrons. The van der Waals surface area contributed by atoms with Crippen molar-refractivity contribution in [3.8, 4) is 0 Å². The van der Waals surface area contributed by atoms with E-state index in [9.17, 15) is 4.79 Å². The van der Waals surface area contributed by atoms with Crippen LogP contribution >= 0.6 is 11.6 Å². The Morgan fingerprint density at radius 2 is 2.24 bits per heavy atom. The zero-order valence-corrected chi connectivity index (χ0v) is 9.52. The molecular formula is C12H9ClN2O2. The molecule has 86 valence electrons. The molecule has 17 heavy (non-hydrogen) atoms. The van der Waals surface area contributed by atoms with Crippen LogP contribution < -0.4 is 5.43 Å². The van der Waals surface area contributed by atoms with E-state index < -0.39 is 5.91 Å². The monoisotopic (exact) mass is 248 g/mol. The highest BCUT2D eigenvalue weighted by molar-refractivity contribution is 6.30. The zero-order chi connectivity index (χ0) is 12.1. The fourth-order valence-corrected chi connectivity index (χ4v) is 1.41. The summed E-state index contributed by atoms with van der Waals surface area (Å²) in [6.45, 7) is 0. The third-order valence-corrected chi connectivity index (χ3v) is 2.21. The number of hydrogen-bond acceptors (Lipinski definition) is 3. The lowest BCUT2D eigenvalue weighted by Gasteiger charge is -1.96. The third kappa shape index (κ3) is 3.19. The van der Waals surface area contributed by atoms with Crippen molar-refractivity contribution >= 4 is 23.7 Å². The van der Waals surface area contributed by atoms with Crippen LogP contribution in [0.25, 0.3) is 0 Å². The van der Waals surface area contributed by atoms with E-state index in [1.54, 1.807) is 30.3 Å². The highest BCUT2D eigenvalue weighted by Crippen LogP contribution is 2.08. The van der Waals surface area contributed by atoms with Crippen LogP contribution in [0.2, 0.25) is 5.02 Å². The van der Waals surface area contributed by atoms with Crippen LogP contribution in [0.5, 0.6) is 0 Å². The van der Waals surface area contributed by atoms with E-state index in [0.29, 0.717) is 5.02 Å². The zero-order valence-electron chi connectivity index (χ0n) is 8.76. The van der Waals surface area contributed by atoms with E-state index in [0.717, 1.165) is 5.56 Å². The Bertz CT molecular complexity index is 535. The number of nitrogens with one attached hydrogen (secondary N) is 1. The number of carbonyl (C=O) groups is 1. The lowest BCUT2D eigenvalue weighted by molar-refractivity contribution is 0.0927. The van der Waals surface area contributed by atoms with Gasteiger partial charge in [0.1, 0.15) is 0 Å². The first-order valence-electron chi connectivity index (χ1n) is 4.88. The van der Waals surface area contributed by atoms with Gasteiger partial charge in [0.2, 0.25) is 0 Å². The maximum Gasteiger partial charge on any atom is 0.307 e. The average Bonchev–Trinajstić information content (AvgIpc) is 2.82. The van der Waals surface area contributed by atoms with Gasteiger partial charge in [-0.3, -0.25) is 4.79 Å². The van der Waals surface area contributed by atoms with Crippen molar-refractivity contribution in [3.63, 3.8) is 0 Å². The summed E-state index contributed by atoms with van der Waals surface area (Å²) in [6.07, 6.45) is 2.93. The Balaban J connectivity index is 1.96. The number of hydrazone groups is 1. The minimum absolute atomic E-state index is 0.216. The first-order chi connectivity index (χ1) is 8.25. The number of benzene rings is 1. The molecule has 1 heterocycles. The molecule has 1 N–H and O–H groups in total. The summed E-state index contributed by atoms with van der Waals surface area (Å²) in [4.78, 5) is 11.4. The second-order valence-electron chi connectivity index (χ2n) is 3.23. The highest BCUT2D eigenvalue weighted by Gasteiger charge is 2.05. The van der Waals surface area contributed by atoms with Crippen LogP contribution in [0.3, 0.4) is 0 Å². The quantitative estimate of drug-likeness (QED) is 0.671. The van der Waals surface area contributed by atoms with E-state index in [4.69, 9.17) is 16.0 Å². The number of furan rings is 1. The summed E-state index contributed by atoms with van der Waals surface area (Å²) in [5, 5.41) is 4.41. The minimum Gasteiger partial charge on any atom is -0.459 e. The maximum absolute atomic E-state index is 11.4. The van der Waals surface area contributed by atoms with Gasteiger partial charge in [0.15, 0.2) is 5.76 Å². The Kier molecular flexibility index (Phi) is 3.57. The summed E-state index contributed by atoms with van der Waals surface area (Å²) >= 11 is 5.80. The Morgan fingerprint density at radius 1 is 1.35 bits per heavy atom. The van der Waals surface area contributed by atoms with Crippen molar-refractivity contribution in [2.24, 2.45) is 5.10 Å². The second-order valence-corrected chi connectivity index (χ2v) is 3.67. The third-order valence-electron chi connectivity index (χ3n) is 1.97. The number of carbonyl (C=O) groups excluding carboxylic acids is 1. The number of amides is 1. The first kappa shape index (κ1) is 11.4. The summed E-state index contributed by atoms with van der Waals surface area (Å²) in [5.41, 5.74) is 3.15. The largest absolute Gasteiger partial charge is 0.459 e. The molecule has 0 aliphatic rings. The maximum atomic E-state index is 11.4. The number of nitrogens with zero attached hydrogens (tertiary/aromatic N) is 1. The van der Waals surface area contributed by atoms with E-state index >= 15 is 0 Å². The fraction of sp³-hybridized carbons (Fsp3) is 0. The second kappa shape index (κ2) is 5.32. The molecule has 1 aromatic carbocycles. The molecular weight excluding hydrogens is 240 g/mol. The first-order valence-corrected chi connectivity index (χ1v) is 5.26. The minimum atomic E-state index is -0.395. The molecule has 1 amide bonds. The van der Waals surface area contributed by atoms with Gasteiger partial charge in [-0.25, -0.2) is 5.43 Å². The summed E-state index contributed by atoms with van der Waals surface area (Å²) in [5.74, 6) is -0.179. The smallest absolute Gasteiger partial charge is 0.307 e. The molecule has 0 bridgehead atoms. The molecule has 0 aliphatic heterocycles. The molecule has 5 heteroatoms. The molecule has 0 unspecified atom stereocenters. The number of halogens is 1. The lowest BCUT2D eigenvalue weighted by Crippen LogP contribution is -2.16. The molecule has 0 atom stereocenters. The predicted molar refractivity (Wildman–Crippen MR) is 65.2 cm³/mol. The van der Waals surface area contributed by atoms with Gasteiger partial charge in [-0.2, -0.15) is 5.10 Å². The van der Waals surface area contributed by atoms with Crippen LogP contribution in [0, 0.1) is 0 Å². The van der Waals surface area contributed by atoms with Gasteiger partial charge in [-0.1, -0.05) is 23.7 Å². The number of hydrogen-bond donors (Lipinski definition) is 1. The van der Waals surface area contributed by atoms with Crippen molar-refractivity contribution in [2.45, 2.75) is 0 Å². The van der Waals surface area contributed by atoms with Gasteiger partial charge in [0, 0.05) is 5.02 Å². The van der Waals surface area contributed by atoms with Crippen molar-refractivity contribution in [1.82, 2.24) is 5.43 Å². The molecule has 4 nitrogen and oxygen atoms in total. The van der Waals surface area contributed by atoms with E-state index in [1.807, 2.05) is 6.07 Å². The van der Waals surface area contributed by atoms with Gasteiger partial charge in [0.05, 0.1) is 12.5 Å². The normalized spacial score (nSPS) is 10.6. The van der Waals surface area contributed by atoms with E-state index in [1.165, 1.54) is 12.5 Å². The van der Waals surface area contributed by atoms with Gasteiger partial charge >= 0.3 is 5.91 Å². The van der Waals surface area contributed by atoms with Crippen LogP contribution in [0.15, 0.2) is 52.2 Å². The predicted octanol–water partition coefficient (Wildman–Crippen LogP) is 2.70. The summed E-state index contributed by atoms with van der Waals surface area (Å²) < 4.78 is 4.91. The van der Waals surface area contributed by atoms with Gasteiger partial charge in [-0.15, -0.1) is 0 Å². The van der Waals surface area contributed by atoms with Gasteiger partial charge < -0.3 is 4.42 Å². The lowest BCUT2D eigenvalue weighted by atomic mass is 10.2. The van der Waals surface area contributed by atoms with Crippen LogP contribution in [-0.2, 0) is 0 Å². The van der Waals surface area contributed by atoms with Gasteiger partial charge in [-0.05, 0) is 29.8 Å². The topological polar surface area (TPSA) is 54.6 Å². The Labute approximate surface area is 103 Å². The van der Waals surface area contributed by atoms with Crippen molar-refractivity contribution in [2.75, 3.05) is 0 Å². The molecule has 2 rings (SSSR count).